The molecule has 6 heteroatoms. The summed E-state index contributed by atoms with van der Waals surface area (Å²) in [7, 11) is 0. The van der Waals surface area contributed by atoms with Crippen LogP contribution >= 0.6 is 0 Å². The van der Waals surface area contributed by atoms with Gasteiger partial charge in [0, 0.05) is 0 Å². The van der Waals surface area contributed by atoms with Gasteiger partial charge in [-0.2, -0.15) is 0 Å². The van der Waals surface area contributed by atoms with E-state index in [-0.39, 0.29) is 13.2 Å². The van der Waals surface area contributed by atoms with Gasteiger partial charge in [-0.05, 0) is 16.7 Å². The minimum absolute atomic E-state index is 0.284. The zero-order chi connectivity index (χ0) is 22.9. The summed E-state index contributed by atoms with van der Waals surface area (Å²) in [5.41, 5.74) is 2.95. The van der Waals surface area contributed by atoms with Crippen molar-refractivity contribution in [3.8, 4) is 0 Å². The van der Waals surface area contributed by atoms with Gasteiger partial charge in [-0.1, -0.05) is 91.0 Å². The molecule has 1 aliphatic rings. The molecule has 6 nitrogen and oxygen atoms in total. The molecule has 3 unspecified atom stereocenters. The zero-order valence-corrected chi connectivity index (χ0v) is 18.4. The SMILES string of the molecule is OCC1O[C@@H](O)C(OCc2ccccc2)C(OCc2ccccc2)[C@H]1OCc1ccccc1. The van der Waals surface area contributed by atoms with Crippen LogP contribution in [0.5, 0.6) is 0 Å². The Kier molecular flexibility index (Phi) is 8.60. The summed E-state index contributed by atoms with van der Waals surface area (Å²) in [5, 5.41) is 20.7. The van der Waals surface area contributed by atoms with Crippen molar-refractivity contribution in [3.05, 3.63) is 108 Å². The Morgan fingerprint density at radius 2 is 0.970 bits per heavy atom. The Bertz CT molecular complexity index is 937. The van der Waals surface area contributed by atoms with Gasteiger partial charge in [0.2, 0.25) is 0 Å². The highest BCUT2D eigenvalue weighted by Gasteiger charge is 2.47. The van der Waals surface area contributed by atoms with E-state index in [1.165, 1.54) is 0 Å². The third kappa shape index (κ3) is 6.48. The predicted octanol–water partition coefficient (Wildman–Crippen LogP) is 3.45. The topological polar surface area (TPSA) is 77.4 Å². The molecule has 1 saturated heterocycles. The van der Waals surface area contributed by atoms with Crippen LogP contribution in [0.15, 0.2) is 91.0 Å². The molecule has 0 spiro atoms. The van der Waals surface area contributed by atoms with Gasteiger partial charge in [0.1, 0.15) is 24.4 Å². The molecule has 174 valence electrons. The number of aliphatic hydroxyl groups is 2. The highest BCUT2D eigenvalue weighted by Crippen LogP contribution is 2.29. The molecule has 1 heterocycles. The lowest BCUT2D eigenvalue weighted by Gasteiger charge is -2.44. The summed E-state index contributed by atoms with van der Waals surface area (Å²) in [5.74, 6) is 0. The average molecular weight is 451 g/mol. The Balaban J connectivity index is 1.53. The van der Waals surface area contributed by atoms with E-state index in [1.807, 2.05) is 91.0 Å². The fraction of sp³-hybridized carbons (Fsp3) is 0.333. The second-order valence-electron chi connectivity index (χ2n) is 8.03. The van der Waals surface area contributed by atoms with Crippen molar-refractivity contribution in [3.63, 3.8) is 0 Å². The monoisotopic (exact) mass is 450 g/mol. The van der Waals surface area contributed by atoms with Crippen molar-refractivity contribution < 1.29 is 29.2 Å². The molecule has 0 aromatic heterocycles. The maximum atomic E-state index is 10.7. The Morgan fingerprint density at radius 3 is 1.39 bits per heavy atom. The molecule has 1 fully saturated rings. The van der Waals surface area contributed by atoms with Gasteiger partial charge >= 0.3 is 0 Å². The van der Waals surface area contributed by atoms with Crippen molar-refractivity contribution in [2.75, 3.05) is 6.61 Å². The fourth-order valence-corrected chi connectivity index (χ4v) is 3.91. The first kappa shape index (κ1) is 23.6. The van der Waals surface area contributed by atoms with Crippen LogP contribution in [0.25, 0.3) is 0 Å². The van der Waals surface area contributed by atoms with Crippen molar-refractivity contribution in [2.45, 2.75) is 50.5 Å². The van der Waals surface area contributed by atoms with E-state index in [4.69, 9.17) is 18.9 Å². The van der Waals surface area contributed by atoms with Gasteiger partial charge < -0.3 is 29.2 Å². The molecule has 5 atom stereocenters. The minimum Gasteiger partial charge on any atom is -0.394 e. The number of aliphatic hydroxyl groups excluding tert-OH is 2. The summed E-state index contributed by atoms with van der Waals surface area (Å²) in [6.45, 7) is 0.601. The molecule has 0 bridgehead atoms. The molecule has 1 aliphatic heterocycles. The number of hydrogen-bond donors (Lipinski definition) is 2. The molecule has 4 rings (SSSR count). The Hall–Kier alpha value is -2.58. The lowest BCUT2D eigenvalue weighted by atomic mass is 9.98. The average Bonchev–Trinajstić information content (AvgIpc) is 2.87. The van der Waals surface area contributed by atoms with Gasteiger partial charge in [-0.15, -0.1) is 0 Å². The summed E-state index contributed by atoms with van der Waals surface area (Å²) >= 11 is 0. The second kappa shape index (κ2) is 12.0. The molecule has 3 aromatic carbocycles. The second-order valence-corrected chi connectivity index (χ2v) is 8.03. The number of benzene rings is 3. The van der Waals surface area contributed by atoms with Crippen LogP contribution in [0.1, 0.15) is 16.7 Å². The summed E-state index contributed by atoms with van der Waals surface area (Å²) in [4.78, 5) is 0. The van der Waals surface area contributed by atoms with Crippen LogP contribution < -0.4 is 0 Å². The van der Waals surface area contributed by atoms with Crippen LogP contribution in [0.3, 0.4) is 0 Å². The zero-order valence-electron chi connectivity index (χ0n) is 18.4. The maximum Gasteiger partial charge on any atom is 0.184 e. The first-order valence-electron chi connectivity index (χ1n) is 11.2. The molecule has 2 N–H and O–H groups in total. The van der Waals surface area contributed by atoms with Crippen molar-refractivity contribution in [1.29, 1.82) is 0 Å². The summed E-state index contributed by atoms with van der Waals surface area (Å²) < 4.78 is 24.3. The molecule has 0 amide bonds. The predicted molar refractivity (Wildman–Crippen MR) is 123 cm³/mol. The molecule has 0 saturated carbocycles. The minimum atomic E-state index is -1.26. The lowest BCUT2D eigenvalue weighted by Crippen LogP contribution is -2.61. The fourth-order valence-electron chi connectivity index (χ4n) is 3.91. The highest BCUT2D eigenvalue weighted by molar-refractivity contribution is 5.15. The number of ether oxygens (including phenoxy) is 4. The van der Waals surface area contributed by atoms with Crippen LogP contribution in [-0.2, 0) is 38.8 Å². The smallest absolute Gasteiger partial charge is 0.184 e. The molecule has 3 aromatic rings. The standard InChI is InChI=1S/C27H30O6/c28-16-23-24(30-17-20-10-4-1-5-11-20)25(31-18-21-12-6-2-7-13-21)26(27(29)33-23)32-19-22-14-8-3-9-15-22/h1-15,23-29H,16-19H2/t23?,24-,25?,26?,27+/m0/s1. The quantitative estimate of drug-likeness (QED) is 0.493. The third-order valence-electron chi connectivity index (χ3n) is 5.65. The normalized spacial score (nSPS) is 25.1. The molecular formula is C27H30O6. The van der Waals surface area contributed by atoms with Gasteiger partial charge in [-0.25, -0.2) is 0 Å². The summed E-state index contributed by atoms with van der Waals surface area (Å²) in [6.07, 6.45) is -4.09. The van der Waals surface area contributed by atoms with E-state index in [1.54, 1.807) is 0 Å². The largest absolute Gasteiger partial charge is 0.394 e. The van der Waals surface area contributed by atoms with Gasteiger partial charge in [0.15, 0.2) is 6.29 Å². The van der Waals surface area contributed by atoms with E-state index < -0.39 is 30.7 Å². The van der Waals surface area contributed by atoms with Gasteiger partial charge in [-0.3, -0.25) is 0 Å². The van der Waals surface area contributed by atoms with Crippen molar-refractivity contribution in [1.82, 2.24) is 0 Å². The first-order chi connectivity index (χ1) is 16.2. The Labute approximate surface area is 194 Å². The van der Waals surface area contributed by atoms with Crippen molar-refractivity contribution in [2.24, 2.45) is 0 Å². The van der Waals surface area contributed by atoms with E-state index in [0.29, 0.717) is 13.2 Å². The highest BCUT2D eigenvalue weighted by atomic mass is 16.7. The molecular weight excluding hydrogens is 420 g/mol. The third-order valence-corrected chi connectivity index (χ3v) is 5.65. The van der Waals surface area contributed by atoms with Crippen LogP contribution in [0, 0.1) is 0 Å². The van der Waals surface area contributed by atoms with E-state index in [0.717, 1.165) is 16.7 Å². The van der Waals surface area contributed by atoms with E-state index in [9.17, 15) is 10.2 Å². The molecule has 33 heavy (non-hydrogen) atoms. The Morgan fingerprint density at radius 1 is 0.576 bits per heavy atom. The van der Waals surface area contributed by atoms with E-state index >= 15 is 0 Å². The van der Waals surface area contributed by atoms with Crippen molar-refractivity contribution >= 4 is 0 Å². The van der Waals surface area contributed by atoms with Crippen LogP contribution in [0.2, 0.25) is 0 Å². The van der Waals surface area contributed by atoms with Crippen LogP contribution in [0.4, 0.5) is 0 Å². The summed E-state index contributed by atoms with van der Waals surface area (Å²) in [6, 6.07) is 29.3. The van der Waals surface area contributed by atoms with Gasteiger partial charge in [0.05, 0.1) is 26.4 Å². The molecule has 0 aliphatic carbocycles. The number of hydrogen-bond acceptors (Lipinski definition) is 6. The maximum absolute atomic E-state index is 10.7. The number of rotatable bonds is 10. The van der Waals surface area contributed by atoms with E-state index in [2.05, 4.69) is 0 Å². The lowest BCUT2D eigenvalue weighted by molar-refractivity contribution is -0.315. The molecule has 0 radical (unpaired) electrons. The van der Waals surface area contributed by atoms with Crippen LogP contribution in [-0.4, -0.2) is 47.5 Å². The van der Waals surface area contributed by atoms with Gasteiger partial charge in [0.25, 0.3) is 0 Å². The first-order valence-corrected chi connectivity index (χ1v) is 11.2.